The number of benzene rings is 1. The first-order chi connectivity index (χ1) is 10.5. The molecule has 1 aromatic heterocycles. The number of hydrogen-bond donors (Lipinski definition) is 1. The Hall–Kier alpha value is -2.14. The van der Waals surface area contributed by atoms with Crippen molar-refractivity contribution >= 4 is 0 Å². The van der Waals surface area contributed by atoms with Crippen molar-refractivity contribution in [3.63, 3.8) is 0 Å². The van der Waals surface area contributed by atoms with Gasteiger partial charge in [-0.05, 0) is 43.2 Å². The Labute approximate surface area is 130 Å². The van der Waals surface area contributed by atoms with Crippen LogP contribution in [0, 0.1) is 5.92 Å². The molecule has 118 valence electrons. The van der Waals surface area contributed by atoms with Crippen molar-refractivity contribution in [1.29, 1.82) is 0 Å². The van der Waals surface area contributed by atoms with Crippen LogP contribution >= 0.6 is 0 Å². The van der Waals surface area contributed by atoms with E-state index in [4.69, 9.17) is 10.5 Å². The Bertz CT molecular complexity index is 675. The third kappa shape index (κ3) is 3.74. The molecule has 2 aromatic rings. The molecule has 2 rings (SSSR count). The number of nitrogens with zero attached hydrogens (tertiary/aromatic N) is 2. The molecule has 0 atom stereocenters. The average molecular weight is 301 g/mol. The zero-order valence-corrected chi connectivity index (χ0v) is 13.4. The summed E-state index contributed by atoms with van der Waals surface area (Å²) < 4.78 is 6.95. The first kappa shape index (κ1) is 16.2. The van der Waals surface area contributed by atoms with Gasteiger partial charge in [-0.15, -0.1) is 0 Å². The van der Waals surface area contributed by atoms with Gasteiger partial charge < -0.3 is 10.5 Å². The van der Waals surface area contributed by atoms with Gasteiger partial charge in [0.05, 0.1) is 12.3 Å². The Morgan fingerprint density at radius 1 is 1.27 bits per heavy atom. The highest BCUT2D eigenvalue weighted by Crippen LogP contribution is 2.20. The van der Waals surface area contributed by atoms with Crippen LogP contribution in [0.5, 0.6) is 5.75 Å². The second-order valence-corrected chi connectivity index (χ2v) is 5.60. The second-order valence-electron chi connectivity index (χ2n) is 5.60. The molecule has 0 aliphatic rings. The molecule has 0 amide bonds. The Morgan fingerprint density at radius 2 is 1.95 bits per heavy atom. The van der Waals surface area contributed by atoms with Crippen molar-refractivity contribution in [2.75, 3.05) is 6.61 Å². The van der Waals surface area contributed by atoms with E-state index in [0.29, 0.717) is 24.6 Å². The lowest BCUT2D eigenvalue weighted by Gasteiger charge is -2.12. The van der Waals surface area contributed by atoms with Gasteiger partial charge in [0.1, 0.15) is 5.75 Å². The molecule has 0 saturated heterocycles. The highest BCUT2D eigenvalue weighted by Gasteiger charge is 2.10. The fourth-order valence-corrected chi connectivity index (χ4v) is 2.24. The molecule has 22 heavy (non-hydrogen) atoms. The Morgan fingerprint density at radius 3 is 2.50 bits per heavy atom. The summed E-state index contributed by atoms with van der Waals surface area (Å²) in [7, 11) is 0. The van der Waals surface area contributed by atoms with E-state index in [0.717, 1.165) is 17.0 Å². The summed E-state index contributed by atoms with van der Waals surface area (Å²) >= 11 is 0. The van der Waals surface area contributed by atoms with Gasteiger partial charge >= 0.3 is 0 Å². The van der Waals surface area contributed by atoms with Gasteiger partial charge in [-0.1, -0.05) is 13.8 Å². The summed E-state index contributed by atoms with van der Waals surface area (Å²) in [6, 6.07) is 9.46. The van der Waals surface area contributed by atoms with Crippen molar-refractivity contribution in [3.8, 4) is 17.0 Å². The maximum atomic E-state index is 12.3. The summed E-state index contributed by atoms with van der Waals surface area (Å²) in [5.41, 5.74) is 7.87. The fourth-order valence-electron chi connectivity index (χ4n) is 2.24. The molecule has 0 saturated carbocycles. The van der Waals surface area contributed by atoms with Crippen molar-refractivity contribution in [1.82, 2.24) is 9.78 Å². The molecular formula is C17H23N3O2. The van der Waals surface area contributed by atoms with Crippen LogP contribution in [0.3, 0.4) is 0 Å². The molecule has 0 bridgehead atoms. The van der Waals surface area contributed by atoms with Crippen molar-refractivity contribution in [3.05, 3.63) is 46.2 Å². The van der Waals surface area contributed by atoms with Crippen LogP contribution in [0.1, 0.15) is 26.3 Å². The second kappa shape index (κ2) is 7.22. The third-order valence-corrected chi connectivity index (χ3v) is 3.27. The summed E-state index contributed by atoms with van der Waals surface area (Å²) in [6.07, 6.45) is 0. The average Bonchev–Trinajstić information content (AvgIpc) is 2.50. The molecular weight excluding hydrogens is 278 g/mol. The SMILES string of the molecule is CCOc1ccc(-c2cc(CN)c(=O)n(CC(C)C)n2)cc1. The van der Waals surface area contributed by atoms with E-state index in [-0.39, 0.29) is 12.1 Å². The lowest BCUT2D eigenvalue weighted by molar-refractivity contribution is 0.340. The zero-order chi connectivity index (χ0) is 16.1. The van der Waals surface area contributed by atoms with Gasteiger partial charge in [0, 0.05) is 24.2 Å². The van der Waals surface area contributed by atoms with E-state index in [1.165, 1.54) is 4.68 Å². The molecule has 0 aliphatic heterocycles. The number of ether oxygens (including phenoxy) is 1. The van der Waals surface area contributed by atoms with E-state index >= 15 is 0 Å². The predicted molar refractivity (Wildman–Crippen MR) is 87.8 cm³/mol. The molecule has 5 nitrogen and oxygen atoms in total. The largest absolute Gasteiger partial charge is 0.494 e. The van der Waals surface area contributed by atoms with Crippen molar-refractivity contribution in [2.24, 2.45) is 11.7 Å². The highest BCUT2D eigenvalue weighted by atomic mass is 16.5. The van der Waals surface area contributed by atoms with Gasteiger partial charge in [-0.2, -0.15) is 5.10 Å². The van der Waals surface area contributed by atoms with Crippen LogP contribution in [0.4, 0.5) is 0 Å². The number of hydrogen-bond acceptors (Lipinski definition) is 4. The van der Waals surface area contributed by atoms with Crippen LogP contribution in [0.2, 0.25) is 0 Å². The first-order valence-corrected chi connectivity index (χ1v) is 7.59. The molecule has 0 fully saturated rings. The molecule has 0 radical (unpaired) electrons. The normalized spacial score (nSPS) is 11.0. The van der Waals surface area contributed by atoms with Gasteiger partial charge in [0.25, 0.3) is 5.56 Å². The van der Waals surface area contributed by atoms with Crippen LogP contribution in [-0.4, -0.2) is 16.4 Å². The zero-order valence-electron chi connectivity index (χ0n) is 13.4. The minimum Gasteiger partial charge on any atom is -0.494 e. The Kier molecular flexibility index (Phi) is 5.33. The van der Waals surface area contributed by atoms with Crippen LogP contribution in [-0.2, 0) is 13.1 Å². The molecule has 1 heterocycles. The number of nitrogens with two attached hydrogens (primary N) is 1. The standard InChI is InChI=1S/C17H23N3O2/c1-4-22-15-7-5-13(6-8-15)16-9-14(10-18)17(21)20(19-16)11-12(2)3/h5-9,12H,4,10-11,18H2,1-3H3. The molecule has 1 aromatic carbocycles. The molecule has 0 unspecified atom stereocenters. The number of aromatic nitrogens is 2. The highest BCUT2D eigenvalue weighted by molar-refractivity contribution is 5.60. The summed E-state index contributed by atoms with van der Waals surface area (Å²) in [4.78, 5) is 12.3. The molecule has 0 spiro atoms. The summed E-state index contributed by atoms with van der Waals surface area (Å²) in [5, 5.41) is 4.47. The van der Waals surface area contributed by atoms with Crippen molar-refractivity contribution < 1.29 is 4.74 Å². The van der Waals surface area contributed by atoms with Gasteiger partial charge in [-0.3, -0.25) is 4.79 Å². The van der Waals surface area contributed by atoms with E-state index in [1.807, 2.05) is 31.2 Å². The van der Waals surface area contributed by atoms with Crippen LogP contribution < -0.4 is 16.0 Å². The van der Waals surface area contributed by atoms with E-state index < -0.39 is 0 Å². The summed E-state index contributed by atoms with van der Waals surface area (Å²) in [5.74, 6) is 1.16. The molecule has 0 aliphatic carbocycles. The smallest absolute Gasteiger partial charge is 0.271 e. The third-order valence-electron chi connectivity index (χ3n) is 3.27. The lowest BCUT2D eigenvalue weighted by atomic mass is 10.1. The lowest BCUT2D eigenvalue weighted by Crippen LogP contribution is -2.29. The first-order valence-electron chi connectivity index (χ1n) is 7.59. The van der Waals surface area contributed by atoms with Gasteiger partial charge in [-0.25, -0.2) is 4.68 Å². The Balaban J connectivity index is 2.43. The topological polar surface area (TPSA) is 70.1 Å². The summed E-state index contributed by atoms with van der Waals surface area (Å²) in [6.45, 7) is 7.48. The maximum absolute atomic E-state index is 12.3. The van der Waals surface area contributed by atoms with Crippen molar-refractivity contribution in [2.45, 2.75) is 33.9 Å². The minimum absolute atomic E-state index is 0.106. The van der Waals surface area contributed by atoms with Crippen LogP contribution in [0.15, 0.2) is 35.1 Å². The van der Waals surface area contributed by atoms with Gasteiger partial charge in [0.15, 0.2) is 0 Å². The van der Waals surface area contributed by atoms with E-state index in [9.17, 15) is 4.79 Å². The van der Waals surface area contributed by atoms with E-state index in [1.54, 1.807) is 6.07 Å². The minimum atomic E-state index is -0.106. The molecule has 2 N–H and O–H groups in total. The fraction of sp³-hybridized carbons (Fsp3) is 0.412. The monoisotopic (exact) mass is 301 g/mol. The van der Waals surface area contributed by atoms with E-state index in [2.05, 4.69) is 18.9 Å². The number of rotatable bonds is 6. The molecule has 5 heteroatoms. The predicted octanol–water partition coefficient (Wildman–Crippen LogP) is 2.42. The quantitative estimate of drug-likeness (QED) is 0.889. The van der Waals surface area contributed by atoms with Gasteiger partial charge in [0.2, 0.25) is 0 Å². The van der Waals surface area contributed by atoms with Crippen LogP contribution in [0.25, 0.3) is 11.3 Å². The maximum Gasteiger partial charge on any atom is 0.271 e.